The van der Waals surface area contributed by atoms with Crippen LogP contribution in [-0.2, 0) is 0 Å². The van der Waals surface area contributed by atoms with Crippen LogP contribution in [0.1, 0.15) is 48.8 Å². The van der Waals surface area contributed by atoms with Crippen LogP contribution in [0.25, 0.3) is 0 Å². The molecule has 0 aliphatic carbocycles. The van der Waals surface area contributed by atoms with Crippen molar-refractivity contribution >= 4 is 11.4 Å². The van der Waals surface area contributed by atoms with Crippen LogP contribution in [0.5, 0.6) is 0 Å². The maximum absolute atomic E-state index is 11.3. The highest BCUT2D eigenvalue weighted by atomic mass is 16.3. The largest absolute Gasteiger partial charge is 0.391 e. The van der Waals surface area contributed by atoms with Crippen molar-refractivity contribution in [2.45, 2.75) is 51.2 Å². The highest BCUT2D eigenvalue weighted by Crippen LogP contribution is 2.42. The number of aliphatic hydroxyl groups is 1. The summed E-state index contributed by atoms with van der Waals surface area (Å²) in [6, 6.07) is 17.1. The van der Waals surface area contributed by atoms with E-state index < -0.39 is 6.10 Å². The van der Waals surface area contributed by atoms with Gasteiger partial charge in [-0.15, -0.1) is 0 Å². The van der Waals surface area contributed by atoms with E-state index in [-0.39, 0.29) is 17.9 Å². The van der Waals surface area contributed by atoms with Crippen molar-refractivity contribution in [3.8, 4) is 0 Å². The first-order valence-electron chi connectivity index (χ1n) is 9.81. The number of aryl methyl sites for hydroxylation is 1. The molecule has 2 heterocycles. The summed E-state index contributed by atoms with van der Waals surface area (Å²) in [5, 5.41) is 14.8. The standard InChI is InChI=1S/C23H28N2O/c1-15-10-12-17(13-11-15)22-16(2)21(18-7-3-4-8-19(18)25-22)23(26)20-9-5-6-14-24-20/h3-4,7-8,10-13,16,20-21,23-24,26H,5-6,9,14H2,1-2H3/t16?,20-,21?,23+/m0/s1. The van der Waals surface area contributed by atoms with Crippen LogP contribution in [0, 0.1) is 12.8 Å². The van der Waals surface area contributed by atoms with Gasteiger partial charge in [0.05, 0.1) is 17.5 Å². The Bertz CT molecular complexity index is 790. The molecule has 0 radical (unpaired) electrons. The number of para-hydroxylation sites is 1. The second-order valence-electron chi connectivity index (χ2n) is 7.78. The highest BCUT2D eigenvalue weighted by molar-refractivity contribution is 6.05. The van der Waals surface area contributed by atoms with Gasteiger partial charge in [0.25, 0.3) is 0 Å². The Balaban J connectivity index is 1.74. The molecule has 0 amide bonds. The molecule has 3 heteroatoms. The fourth-order valence-corrected chi connectivity index (χ4v) is 4.49. The predicted octanol–water partition coefficient (Wildman–Crippen LogP) is 4.35. The molecule has 0 saturated carbocycles. The minimum Gasteiger partial charge on any atom is -0.391 e. The van der Waals surface area contributed by atoms with Crippen LogP contribution < -0.4 is 5.32 Å². The predicted molar refractivity (Wildman–Crippen MR) is 107 cm³/mol. The van der Waals surface area contributed by atoms with E-state index in [2.05, 4.69) is 61.6 Å². The van der Waals surface area contributed by atoms with Crippen LogP contribution in [0.2, 0.25) is 0 Å². The lowest BCUT2D eigenvalue weighted by atomic mass is 9.73. The zero-order chi connectivity index (χ0) is 18.1. The number of aliphatic hydroxyl groups excluding tert-OH is 1. The number of fused-ring (bicyclic) bond motifs is 1. The minimum atomic E-state index is -0.401. The fourth-order valence-electron chi connectivity index (χ4n) is 4.49. The monoisotopic (exact) mass is 348 g/mol. The summed E-state index contributed by atoms with van der Waals surface area (Å²) < 4.78 is 0. The summed E-state index contributed by atoms with van der Waals surface area (Å²) in [5.41, 5.74) is 5.67. The van der Waals surface area contributed by atoms with Crippen molar-refractivity contribution in [2.24, 2.45) is 10.9 Å². The molecule has 2 aromatic carbocycles. The molecule has 0 bridgehead atoms. The molecule has 1 saturated heterocycles. The highest BCUT2D eigenvalue weighted by Gasteiger charge is 2.39. The first-order valence-corrected chi connectivity index (χ1v) is 9.81. The van der Waals surface area contributed by atoms with Crippen molar-refractivity contribution in [3.05, 3.63) is 65.2 Å². The third-order valence-electron chi connectivity index (χ3n) is 5.98. The van der Waals surface area contributed by atoms with Gasteiger partial charge in [0, 0.05) is 17.9 Å². The van der Waals surface area contributed by atoms with Gasteiger partial charge >= 0.3 is 0 Å². The molecule has 2 unspecified atom stereocenters. The maximum Gasteiger partial charge on any atom is 0.0768 e. The van der Waals surface area contributed by atoms with Crippen molar-refractivity contribution in [1.29, 1.82) is 0 Å². The lowest BCUT2D eigenvalue weighted by Gasteiger charge is -2.39. The SMILES string of the molecule is Cc1ccc(C2=Nc3ccccc3C([C@H](O)[C@@H]3CCCCN3)C2C)cc1. The van der Waals surface area contributed by atoms with Gasteiger partial charge in [-0.25, -0.2) is 0 Å². The molecule has 1 fully saturated rings. The number of nitrogens with zero attached hydrogens (tertiary/aromatic N) is 1. The lowest BCUT2D eigenvalue weighted by molar-refractivity contribution is 0.0772. The normalized spacial score (nSPS) is 26.7. The number of hydrogen-bond acceptors (Lipinski definition) is 3. The summed E-state index contributed by atoms with van der Waals surface area (Å²) in [7, 11) is 0. The number of nitrogens with one attached hydrogen (secondary N) is 1. The number of piperidine rings is 1. The number of hydrogen-bond donors (Lipinski definition) is 2. The zero-order valence-electron chi connectivity index (χ0n) is 15.7. The van der Waals surface area contributed by atoms with E-state index in [0.29, 0.717) is 0 Å². The Labute approximate surface area is 156 Å². The number of rotatable bonds is 3. The van der Waals surface area contributed by atoms with Crippen LogP contribution in [0.3, 0.4) is 0 Å². The quantitative estimate of drug-likeness (QED) is 0.866. The summed E-state index contributed by atoms with van der Waals surface area (Å²) in [5.74, 6) is 0.238. The molecule has 2 aliphatic rings. The van der Waals surface area contributed by atoms with Crippen molar-refractivity contribution in [3.63, 3.8) is 0 Å². The second-order valence-corrected chi connectivity index (χ2v) is 7.78. The van der Waals surface area contributed by atoms with Gasteiger partial charge in [-0.1, -0.05) is 61.4 Å². The molecular weight excluding hydrogens is 320 g/mol. The van der Waals surface area contributed by atoms with Crippen molar-refractivity contribution in [1.82, 2.24) is 5.32 Å². The maximum atomic E-state index is 11.3. The van der Waals surface area contributed by atoms with E-state index in [1.54, 1.807) is 0 Å². The molecule has 0 spiro atoms. The smallest absolute Gasteiger partial charge is 0.0768 e. The lowest BCUT2D eigenvalue weighted by Crippen LogP contribution is -2.48. The molecule has 136 valence electrons. The second kappa shape index (κ2) is 7.34. The molecule has 4 rings (SSSR count). The van der Waals surface area contributed by atoms with Gasteiger partial charge in [-0.3, -0.25) is 4.99 Å². The Hall–Kier alpha value is -1.97. The van der Waals surface area contributed by atoms with Gasteiger partial charge in [-0.2, -0.15) is 0 Å². The van der Waals surface area contributed by atoms with Crippen LogP contribution >= 0.6 is 0 Å². The van der Waals surface area contributed by atoms with E-state index in [1.165, 1.54) is 24.0 Å². The van der Waals surface area contributed by atoms with Crippen LogP contribution in [-0.4, -0.2) is 29.5 Å². The first-order chi connectivity index (χ1) is 12.6. The van der Waals surface area contributed by atoms with Gasteiger partial charge in [-0.05, 0) is 43.5 Å². The van der Waals surface area contributed by atoms with Crippen LogP contribution in [0.4, 0.5) is 5.69 Å². The fraction of sp³-hybridized carbons (Fsp3) is 0.435. The van der Waals surface area contributed by atoms with E-state index >= 15 is 0 Å². The van der Waals surface area contributed by atoms with Gasteiger partial charge in [0.15, 0.2) is 0 Å². The van der Waals surface area contributed by atoms with Crippen LogP contribution in [0.15, 0.2) is 53.5 Å². The summed E-state index contributed by atoms with van der Waals surface area (Å²) in [6.07, 6.45) is 3.04. The molecule has 26 heavy (non-hydrogen) atoms. The zero-order valence-corrected chi connectivity index (χ0v) is 15.7. The van der Waals surface area contributed by atoms with Crippen molar-refractivity contribution in [2.75, 3.05) is 6.54 Å². The summed E-state index contributed by atoms with van der Waals surface area (Å²) >= 11 is 0. The third-order valence-corrected chi connectivity index (χ3v) is 5.98. The Morgan fingerprint density at radius 1 is 1.08 bits per heavy atom. The van der Waals surface area contributed by atoms with E-state index in [9.17, 15) is 5.11 Å². The Kier molecular flexibility index (Phi) is 4.92. The molecule has 2 aromatic rings. The molecular formula is C23H28N2O. The Morgan fingerprint density at radius 3 is 2.58 bits per heavy atom. The molecule has 4 atom stereocenters. The topological polar surface area (TPSA) is 44.6 Å². The average Bonchev–Trinajstić information content (AvgIpc) is 2.68. The van der Waals surface area contributed by atoms with E-state index in [0.717, 1.165) is 29.9 Å². The van der Waals surface area contributed by atoms with Gasteiger partial charge < -0.3 is 10.4 Å². The number of aliphatic imine (C=N–C) groups is 1. The van der Waals surface area contributed by atoms with E-state index in [1.807, 2.05) is 6.07 Å². The molecule has 2 N–H and O–H groups in total. The molecule has 2 aliphatic heterocycles. The summed E-state index contributed by atoms with van der Waals surface area (Å²) in [6.45, 7) is 5.32. The van der Waals surface area contributed by atoms with E-state index in [4.69, 9.17) is 4.99 Å². The third kappa shape index (κ3) is 3.22. The van der Waals surface area contributed by atoms with Gasteiger partial charge in [0.2, 0.25) is 0 Å². The average molecular weight is 348 g/mol. The Morgan fingerprint density at radius 2 is 1.85 bits per heavy atom. The van der Waals surface area contributed by atoms with Crippen molar-refractivity contribution < 1.29 is 5.11 Å². The van der Waals surface area contributed by atoms with Gasteiger partial charge in [0.1, 0.15) is 0 Å². The number of benzene rings is 2. The molecule has 3 nitrogen and oxygen atoms in total. The molecule has 0 aromatic heterocycles. The summed E-state index contributed by atoms with van der Waals surface area (Å²) in [4.78, 5) is 4.99. The first kappa shape index (κ1) is 17.4. The minimum absolute atomic E-state index is 0.0654.